The van der Waals surface area contributed by atoms with E-state index in [-0.39, 0.29) is 0 Å². The molecule has 1 unspecified atom stereocenters. The molecule has 0 spiro atoms. The highest BCUT2D eigenvalue weighted by Gasteiger charge is 2.44. The van der Waals surface area contributed by atoms with Gasteiger partial charge in [0.05, 0.1) is 0 Å². The van der Waals surface area contributed by atoms with E-state index in [1.54, 1.807) is 0 Å². The summed E-state index contributed by atoms with van der Waals surface area (Å²) in [6.07, 6.45) is 4.17. The predicted molar refractivity (Wildman–Crippen MR) is 86.0 cm³/mol. The topological polar surface area (TPSA) is 9.23 Å². The lowest BCUT2D eigenvalue weighted by Crippen LogP contribution is -2.48. The Bertz CT molecular complexity index is 227. The van der Waals surface area contributed by atoms with Crippen LogP contribution >= 0.6 is 11.6 Å². The molecule has 0 amide bonds. The second kappa shape index (κ2) is 8.39. The molecule has 0 N–H and O–H groups in total. The van der Waals surface area contributed by atoms with Crippen molar-refractivity contribution in [1.29, 1.82) is 0 Å². The van der Waals surface area contributed by atoms with Gasteiger partial charge < -0.3 is 4.43 Å². The lowest BCUT2D eigenvalue weighted by molar-refractivity contribution is 0.250. The first-order valence-corrected chi connectivity index (χ1v) is 9.83. The van der Waals surface area contributed by atoms with Crippen LogP contribution in [0.15, 0.2) is 12.2 Å². The highest BCUT2D eigenvalue weighted by Crippen LogP contribution is 2.42. The highest BCUT2D eigenvalue weighted by molar-refractivity contribution is 6.77. The molecule has 18 heavy (non-hydrogen) atoms. The van der Waals surface area contributed by atoms with Crippen molar-refractivity contribution in [2.75, 3.05) is 12.5 Å². The van der Waals surface area contributed by atoms with Crippen LogP contribution in [0.4, 0.5) is 0 Å². The Morgan fingerprint density at radius 2 is 1.39 bits per heavy atom. The number of halogens is 1. The summed E-state index contributed by atoms with van der Waals surface area (Å²) in [5.74, 6) is 1.04. The fourth-order valence-corrected chi connectivity index (χ4v) is 8.77. The minimum Gasteiger partial charge on any atom is -0.415 e. The third-order valence-electron chi connectivity index (χ3n) is 3.86. The van der Waals surface area contributed by atoms with E-state index >= 15 is 0 Å². The van der Waals surface area contributed by atoms with Crippen LogP contribution in [0.3, 0.4) is 0 Å². The minimum atomic E-state index is -1.70. The molecule has 1 nitrogen and oxygen atoms in total. The zero-order chi connectivity index (χ0) is 14.3. The van der Waals surface area contributed by atoms with Gasteiger partial charge in [-0.05, 0) is 22.5 Å². The summed E-state index contributed by atoms with van der Waals surface area (Å²) in [5, 5.41) is 0. The van der Waals surface area contributed by atoms with Gasteiger partial charge in [0.1, 0.15) is 0 Å². The molecule has 0 bridgehead atoms. The van der Waals surface area contributed by atoms with Gasteiger partial charge in [0.25, 0.3) is 0 Å². The average molecular weight is 291 g/mol. The summed E-state index contributed by atoms with van der Waals surface area (Å²) in [4.78, 5) is 0. The van der Waals surface area contributed by atoms with Crippen LogP contribution in [-0.4, -0.2) is 20.8 Å². The lowest BCUT2D eigenvalue weighted by atomic mass is 10.2. The van der Waals surface area contributed by atoms with E-state index in [1.165, 1.54) is 0 Å². The zero-order valence-corrected chi connectivity index (χ0v) is 14.9. The largest absolute Gasteiger partial charge is 0.415 e. The second-order valence-corrected chi connectivity index (χ2v) is 12.0. The Kier molecular flexibility index (Phi) is 8.49. The summed E-state index contributed by atoms with van der Waals surface area (Å²) < 4.78 is 6.52. The number of hydrogen-bond acceptors (Lipinski definition) is 1. The second-order valence-electron chi connectivity index (χ2n) is 6.19. The molecule has 0 aromatic rings. The summed E-state index contributed by atoms with van der Waals surface area (Å²) in [6, 6.07) is 0. The van der Waals surface area contributed by atoms with Crippen LogP contribution < -0.4 is 0 Å². The van der Waals surface area contributed by atoms with Gasteiger partial charge in [0.15, 0.2) is 8.32 Å². The molecule has 3 heteroatoms. The summed E-state index contributed by atoms with van der Waals surface area (Å²) in [7, 11) is -1.70. The van der Waals surface area contributed by atoms with E-state index in [0.29, 0.717) is 28.4 Å². The Balaban J connectivity index is 4.75. The van der Waals surface area contributed by atoms with Crippen LogP contribution in [0.25, 0.3) is 0 Å². The molecule has 0 radical (unpaired) electrons. The van der Waals surface area contributed by atoms with E-state index in [4.69, 9.17) is 16.0 Å². The fourth-order valence-electron chi connectivity index (χ4n) is 3.12. The van der Waals surface area contributed by atoms with Gasteiger partial charge in [-0.3, -0.25) is 0 Å². The maximum atomic E-state index is 6.52. The Labute approximate surface area is 120 Å². The normalized spacial score (nSPS) is 15.3. The van der Waals surface area contributed by atoms with Crippen LogP contribution in [0.1, 0.15) is 48.5 Å². The molecule has 0 aromatic carbocycles. The van der Waals surface area contributed by atoms with E-state index in [0.717, 1.165) is 6.61 Å². The van der Waals surface area contributed by atoms with E-state index in [2.05, 4.69) is 54.5 Å². The van der Waals surface area contributed by atoms with Crippen molar-refractivity contribution < 1.29 is 4.43 Å². The van der Waals surface area contributed by atoms with E-state index < -0.39 is 8.32 Å². The Morgan fingerprint density at radius 1 is 0.944 bits per heavy atom. The SMILES string of the molecule is CC(/C=C/CCl)CO[Si](C(C)C)(C(C)C)C(C)C. The molecule has 0 fully saturated rings. The highest BCUT2D eigenvalue weighted by atomic mass is 35.5. The smallest absolute Gasteiger partial charge is 0.200 e. The average Bonchev–Trinajstić information content (AvgIpc) is 2.25. The van der Waals surface area contributed by atoms with Gasteiger partial charge in [0.2, 0.25) is 0 Å². The molecule has 0 rings (SSSR count). The molecular weight excluding hydrogens is 260 g/mol. The third kappa shape index (κ3) is 4.71. The van der Waals surface area contributed by atoms with E-state index in [1.807, 2.05) is 6.08 Å². The van der Waals surface area contributed by atoms with Crippen LogP contribution in [0.5, 0.6) is 0 Å². The van der Waals surface area contributed by atoms with Gasteiger partial charge >= 0.3 is 0 Å². The van der Waals surface area contributed by atoms with Gasteiger partial charge in [0, 0.05) is 12.5 Å². The number of allylic oxidation sites excluding steroid dienone is 1. The quantitative estimate of drug-likeness (QED) is 0.321. The van der Waals surface area contributed by atoms with Crippen molar-refractivity contribution in [3.63, 3.8) is 0 Å². The summed E-state index contributed by atoms with van der Waals surface area (Å²) >= 11 is 5.67. The summed E-state index contributed by atoms with van der Waals surface area (Å²) in [6.45, 7) is 17.0. The van der Waals surface area contributed by atoms with Crippen molar-refractivity contribution in [3.05, 3.63) is 12.2 Å². The van der Waals surface area contributed by atoms with Crippen LogP contribution in [-0.2, 0) is 4.43 Å². The molecule has 0 aliphatic rings. The van der Waals surface area contributed by atoms with Crippen molar-refractivity contribution in [2.24, 2.45) is 5.92 Å². The summed E-state index contributed by atoms with van der Waals surface area (Å²) in [5.41, 5.74) is 1.96. The zero-order valence-electron chi connectivity index (χ0n) is 13.2. The van der Waals surface area contributed by atoms with Crippen molar-refractivity contribution in [1.82, 2.24) is 0 Å². The predicted octanol–water partition coefficient (Wildman–Crippen LogP) is 5.61. The molecule has 0 heterocycles. The van der Waals surface area contributed by atoms with Crippen LogP contribution in [0.2, 0.25) is 16.6 Å². The first-order chi connectivity index (χ1) is 8.28. The van der Waals surface area contributed by atoms with Crippen molar-refractivity contribution in [3.8, 4) is 0 Å². The Morgan fingerprint density at radius 3 is 1.72 bits per heavy atom. The molecule has 0 aromatic heterocycles. The monoisotopic (exact) mass is 290 g/mol. The molecule has 108 valence electrons. The molecule has 0 aliphatic heterocycles. The number of hydrogen-bond donors (Lipinski definition) is 0. The minimum absolute atomic E-state index is 0.451. The first kappa shape index (κ1) is 18.2. The molecule has 0 saturated heterocycles. The van der Waals surface area contributed by atoms with Gasteiger partial charge in [-0.15, -0.1) is 11.6 Å². The standard InChI is InChI=1S/C15H31ClOSi/c1-12(2)18(13(3)4,14(5)6)17-11-15(7)9-8-10-16/h8-9,12-15H,10-11H2,1-7H3/b9-8+. The molecule has 1 atom stereocenters. The number of rotatable bonds is 8. The van der Waals surface area contributed by atoms with E-state index in [9.17, 15) is 0 Å². The maximum Gasteiger partial charge on any atom is 0.200 e. The van der Waals surface area contributed by atoms with Crippen molar-refractivity contribution in [2.45, 2.75) is 65.1 Å². The van der Waals surface area contributed by atoms with Gasteiger partial charge in [-0.2, -0.15) is 0 Å². The molecular formula is C15H31ClOSi. The fraction of sp³-hybridized carbons (Fsp3) is 0.867. The lowest BCUT2D eigenvalue weighted by Gasteiger charge is -2.42. The molecule has 0 aliphatic carbocycles. The third-order valence-corrected chi connectivity index (χ3v) is 10.1. The van der Waals surface area contributed by atoms with Gasteiger partial charge in [-0.1, -0.05) is 60.6 Å². The van der Waals surface area contributed by atoms with Crippen LogP contribution in [0, 0.1) is 5.92 Å². The van der Waals surface area contributed by atoms with Gasteiger partial charge in [-0.25, -0.2) is 0 Å². The molecule has 0 saturated carbocycles. The number of alkyl halides is 1. The first-order valence-electron chi connectivity index (χ1n) is 7.15. The van der Waals surface area contributed by atoms with Crippen molar-refractivity contribution >= 4 is 19.9 Å². The Hall–Kier alpha value is 0.207. The maximum absolute atomic E-state index is 6.52.